The third-order valence-corrected chi connectivity index (χ3v) is 8.93. The predicted molar refractivity (Wildman–Crippen MR) is 136 cm³/mol. The number of rotatable bonds is 9. The van der Waals surface area contributed by atoms with E-state index >= 15 is 0 Å². The monoisotopic (exact) mass is 463 g/mol. The molecule has 2 saturated carbocycles. The number of fused-ring (bicyclic) bond motifs is 1. The highest BCUT2D eigenvalue weighted by molar-refractivity contribution is 5.77. The lowest BCUT2D eigenvalue weighted by Crippen LogP contribution is -2.53. The number of hydrogen-bond donors (Lipinski definition) is 1. The zero-order chi connectivity index (χ0) is 24.2. The Labute approximate surface area is 205 Å². The van der Waals surface area contributed by atoms with Gasteiger partial charge in [0.2, 0.25) is 0 Å². The molecule has 2 aromatic rings. The minimum Gasteiger partial charge on any atom is -0.469 e. The molecule has 2 fully saturated rings. The number of ether oxygens (including phenoxy) is 1. The molecule has 1 aromatic heterocycles. The molecule has 184 valence electrons. The topological polar surface area (TPSA) is 51.5 Å². The molecule has 4 atom stereocenters. The van der Waals surface area contributed by atoms with Crippen molar-refractivity contribution in [3.05, 3.63) is 71.7 Å². The molecule has 1 N–H and O–H groups in total. The average molecular weight is 464 g/mol. The van der Waals surface area contributed by atoms with Gasteiger partial charge in [-0.3, -0.25) is 4.79 Å². The Bertz CT molecular complexity index is 980. The number of carbonyl (C=O) groups excluding carboxylic acids is 1. The van der Waals surface area contributed by atoms with Gasteiger partial charge in [0.15, 0.2) is 0 Å². The Kier molecular flexibility index (Phi) is 7.67. The zero-order valence-electron chi connectivity index (χ0n) is 21.2. The number of carbonyl (C=O) groups is 1. The van der Waals surface area contributed by atoms with Crippen LogP contribution in [0.25, 0.3) is 0 Å². The lowest BCUT2D eigenvalue weighted by atomic mass is 9.46. The maximum atomic E-state index is 12.8. The number of benzene rings is 1. The summed E-state index contributed by atoms with van der Waals surface area (Å²) in [5.74, 6) is 1.78. The molecule has 0 bridgehead atoms. The third-order valence-electron chi connectivity index (χ3n) is 8.93. The molecule has 0 aliphatic heterocycles. The first-order chi connectivity index (χ1) is 16.4. The molecule has 0 spiro atoms. The first-order valence-corrected chi connectivity index (χ1v) is 12.9. The Hall–Kier alpha value is -2.33. The van der Waals surface area contributed by atoms with Crippen LogP contribution in [0.15, 0.2) is 59.2 Å². The van der Waals surface area contributed by atoms with E-state index in [9.17, 15) is 4.79 Å². The van der Waals surface area contributed by atoms with Crippen molar-refractivity contribution in [2.75, 3.05) is 13.7 Å². The number of furan rings is 1. The second kappa shape index (κ2) is 10.5. The van der Waals surface area contributed by atoms with E-state index in [0.717, 1.165) is 70.2 Å². The highest BCUT2D eigenvalue weighted by Gasteiger charge is 2.57. The molecule has 4 heteroatoms. The van der Waals surface area contributed by atoms with Gasteiger partial charge in [-0.25, -0.2) is 0 Å². The van der Waals surface area contributed by atoms with E-state index in [1.165, 1.54) is 23.8 Å². The molecule has 0 unspecified atom stereocenters. The van der Waals surface area contributed by atoms with Gasteiger partial charge < -0.3 is 14.5 Å². The summed E-state index contributed by atoms with van der Waals surface area (Å²) < 4.78 is 11.1. The summed E-state index contributed by atoms with van der Waals surface area (Å²) in [7, 11) is 1.53. The van der Waals surface area contributed by atoms with Crippen LogP contribution in [0.4, 0.5) is 0 Å². The van der Waals surface area contributed by atoms with E-state index in [1.54, 1.807) is 0 Å². The van der Waals surface area contributed by atoms with Gasteiger partial charge in [0, 0.05) is 0 Å². The van der Waals surface area contributed by atoms with Crippen molar-refractivity contribution in [2.24, 2.45) is 22.7 Å². The molecule has 0 radical (unpaired) electrons. The van der Waals surface area contributed by atoms with E-state index in [1.807, 2.05) is 6.26 Å². The van der Waals surface area contributed by atoms with Crippen molar-refractivity contribution >= 4 is 5.97 Å². The van der Waals surface area contributed by atoms with Crippen molar-refractivity contribution < 1.29 is 13.9 Å². The number of hydrogen-bond acceptors (Lipinski definition) is 4. The van der Waals surface area contributed by atoms with Crippen LogP contribution in [0.3, 0.4) is 0 Å². The van der Waals surface area contributed by atoms with E-state index in [0.29, 0.717) is 11.8 Å². The second-order valence-corrected chi connectivity index (χ2v) is 10.9. The lowest BCUT2D eigenvalue weighted by Gasteiger charge is -2.57. The highest BCUT2D eigenvalue weighted by atomic mass is 16.5. The summed E-state index contributed by atoms with van der Waals surface area (Å²) in [6.45, 7) is 10.7. The Morgan fingerprint density at radius 2 is 1.97 bits per heavy atom. The number of nitrogens with one attached hydrogen (secondary N) is 1. The van der Waals surface area contributed by atoms with Crippen molar-refractivity contribution in [1.29, 1.82) is 0 Å². The molecule has 4 nitrogen and oxygen atoms in total. The quantitative estimate of drug-likeness (QED) is 0.262. The standard InChI is InChI=1S/C30H41NO3/c1-22-11-14-27-29(2,17-8-18-30(27,3)28(32)33-4)25(22)13-12-24-16-20-34-26(24)21-31-19-15-23-9-6-5-7-10-23/h5-7,9-10,16,20,25,27,31H,1,8,11-15,17-19,21H2,2-4H3/t25-,27-,29+,30-/m0/s1. The average Bonchev–Trinajstić information content (AvgIpc) is 3.28. The largest absolute Gasteiger partial charge is 0.469 e. The van der Waals surface area contributed by atoms with Gasteiger partial charge in [-0.15, -0.1) is 0 Å². The van der Waals surface area contributed by atoms with E-state index in [4.69, 9.17) is 9.15 Å². The summed E-state index contributed by atoms with van der Waals surface area (Å²) >= 11 is 0. The molecule has 4 rings (SSSR count). The van der Waals surface area contributed by atoms with Gasteiger partial charge in [0.25, 0.3) is 0 Å². The fourth-order valence-corrected chi connectivity index (χ4v) is 7.08. The maximum Gasteiger partial charge on any atom is 0.311 e. The molecule has 1 heterocycles. The minimum atomic E-state index is -0.385. The number of methoxy groups -OCH3 is 1. The van der Waals surface area contributed by atoms with E-state index in [2.05, 4.69) is 62.1 Å². The van der Waals surface area contributed by atoms with E-state index in [-0.39, 0.29) is 16.8 Å². The summed E-state index contributed by atoms with van der Waals surface area (Å²) in [5.41, 5.74) is 3.70. The molecule has 1 aromatic carbocycles. The minimum absolute atomic E-state index is 0.0339. The van der Waals surface area contributed by atoms with Crippen LogP contribution >= 0.6 is 0 Å². The van der Waals surface area contributed by atoms with Crippen LogP contribution in [0, 0.1) is 22.7 Å². The van der Waals surface area contributed by atoms with Crippen LogP contribution in [-0.4, -0.2) is 19.6 Å². The van der Waals surface area contributed by atoms with Crippen molar-refractivity contribution in [3.63, 3.8) is 0 Å². The summed E-state index contributed by atoms with van der Waals surface area (Å²) in [6, 6.07) is 12.7. The summed E-state index contributed by atoms with van der Waals surface area (Å²) in [6.07, 6.45) is 10.1. The number of allylic oxidation sites excluding steroid dienone is 1. The third kappa shape index (κ3) is 4.88. The van der Waals surface area contributed by atoms with Gasteiger partial charge in [-0.2, -0.15) is 0 Å². The molecule has 34 heavy (non-hydrogen) atoms. The predicted octanol–water partition coefficient (Wildman–Crippen LogP) is 6.50. The van der Waals surface area contributed by atoms with Crippen LogP contribution in [0.5, 0.6) is 0 Å². The molecular formula is C30H41NO3. The summed E-state index contributed by atoms with van der Waals surface area (Å²) in [5, 5.41) is 3.54. The Balaban J connectivity index is 1.39. The number of aryl methyl sites for hydroxylation is 1. The van der Waals surface area contributed by atoms with Crippen molar-refractivity contribution in [2.45, 2.75) is 71.8 Å². The number of esters is 1. The molecular weight excluding hydrogens is 422 g/mol. The molecule has 2 aliphatic rings. The van der Waals surface area contributed by atoms with Crippen LogP contribution < -0.4 is 5.32 Å². The normalized spacial score (nSPS) is 29.0. The summed E-state index contributed by atoms with van der Waals surface area (Å²) in [4.78, 5) is 12.8. The zero-order valence-corrected chi connectivity index (χ0v) is 21.2. The van der Waals surface area contributed by atoms with Gasteiger partial charge in [-0.05, 0) is 92.9 Å². The highest BCUT2D eigenvalue weighted by Crippen LogP contribution is 2.62. The van der Waals surface area contributed by atoms with Crippen LogP contribution in [-0.2, 0) is 28.9 Å². The Morgan fingerprint density at radius 3 is 2.74 bits per heavy atom. The Morgan fingerprint density at radius 1 is 1.18 bits per heavy atom. The molecule has 2 aliphatic carbocycles. The maximum absolute atomic E-state index is 12.8. The fourth-order valence-electron chi connectivity index (χ4n) is 7.08. The van der Waals surface area contributed by atoms with Gasteiger partial charge in [0.1, 0.15) is 5.76 Å². The van der Waals surface area contributed by atoms with E-state index < -0.39 is 0 Å². The first kappa shape index (κ1) is 24.8. The molecule has 0 saturated heterocycles. The van der Waals surface area contributed by atoms with Crippen molar-refractivity contribution in [1.82, 2.24) is 5.32 Å². The first-order valence-electron chi connectivity index (χ1n) is 12.9. The lowest BCUT2D eigenvalue weighted by molar-refractivity contribution is -0.168. The van der Waals surface area contributed by atoms with Crippen molar-refractivity contribution in [3.8, 4) is 0 Å². The second-order valence-electron chi connectivity index (χ2n) is 10.9. The van der Waals surface area contributed by atoms with Crippen LogP contribution in [0.2, 0.25) is 0 Å². The van der Waals surface area contributed by atoms with Gasteiger partial charge >= 0.3 is 5.97 Å². The fraction of sp³-hybridized carbons (Fsp3) is 0.567. The smallest absolute Gasteiger partial charge is 0.311 e. The molecule has 0 amide bonds. The van der Waals surface area contributed by atoms with Crippen LogP contribution in [0.1, 0.15) is 69.3 Å². The SMILES string of the molecule is C=C1CC[C@H]2[C@](C)(CCC[C@]2(C)C(=O)OC)[C@H]1CCc1ccoc1CNCCc1ccccc1. The van der Waals surface area contributed by atoms with Gasteiger partial charge in [0.05, 0.1) is 25.3 Å². The van der Waals surface area contributed by atoms with Gasteiger partial charge in [-0.1, -0.05) is 55.8 Å².